The van der Waals surface area contributed by atoms with Crippen molar-refractivity contribution < 1.29 is 9.90 Å². The van der Waals surface area contributed by atoms with E-state index in [1.807, 2.05) is 18.4 Å². The molecule has 2 N–H and O–H groups in total. The van der Waals surface area contributed by atoms with E-state index in [1.165, 1.54) is 0 Å². The van der Waals surface area contributed by atoms with Crippen LogP contribution in [0.4, 0.5) is 0 Å². The molecule has 110 valence electrons. The molecular formula is C14H22N4O2. The van der Waals surface area contributed by atoms with Gasteiger partial charge in [0.1, 0.15) is 12.4 Å². The predicted octanol–water partition coefficient (Wildman–Crippen LogP) is 0.953. The number of rotatable bonds is 5. The van der Waals surface area contributed by atoms with Gasteiger partial charge in [-0.25, -0.2) is 0 Å². The Kier molecular flexibility index (Phi) is 3.28. The fraction of sp³-hybridized carbons (Fsp3) is 0.786. The van der Waals surface area contributed by atoms with E-state index in [9.17, 15) is 9.90 Å². The van der Waals surface area contributed by atoms with E-state index in [0.29, 0.717) is 11.7 Å². The number of amides is 1. The number of carbonyl (C=O) groups excluding carboxylic acids is 1. The van der Waals surface area contributed by atoms with Gasteiger partial charge in [-0.2, -0.15) is 0 Å². The molecule has 2 fully saturated rings. The summed E-state index contributed by atoms with van der Waals surface area (Å²) in [7, 11) is 0. The normalized spacial score (nSPS) is 26.9. The molecule has 0 atom stereocenters. The van der Waals surface area contributed by atoms with E-state index in [2.05, 4.69) is 15.5 Å². The van der Waals surface area contributed by atoms with Crippen LogP contribution in [-0.2, 0) is 17.9 Å². The van der Waals surface area contributed by atoms with Gasteiger partial charge in [0.15, 0.2) is 5.82 Å². The van der Waals surface area contributed by atoms with Crippen LogP contribution in [0.25, 0.3) is 0 Å². The second-order valence-electron chi connectivity index (χ2n) is 6.28. The largest absolute Gasteiger partial charge is 0.388 e. The van der Waals surface area contributed by atoms with E-state index in [-0.39, 0.29) is 24.0 Å². The van der Waals surface area contributed by atoms with Crippen molar-refractivity contribution in [1.29, 1.82) is 0 Å². The molecular weight excluding hydrogens is 256 g/mol. The van der Waals surface area contributed by atoms with Crippen LogP contribution in [0.1, 0.15) is 57.1 Å². The van der Waals surface area contributed by atoms with Crippen molar-refractivity contribution in [2.75, 3.05) is 0 Å². The summed E-state index contributed by atoms with van der Waals surface area (Å²) in [4.78, 5) is 12.0. The topological polar surface area (TPSA) is 80.0 Å². The molecule has 1 aromatic heterocycles. The number of aromatic nitrogens is 3. The number of aliphatic hydroxyl groups excluding tert-OH is 1. The Hall–Kier alpha value is -1.43. The molecule has 3 rings (SSSR count). The molecule has 2 saturated carbocycles. The van der Waals surface area contributed by atoms with Crippen molar-refractivity contribution in [3.05, 3.63) is 11.6 Å². The summed E-state index contributed by atoms with van der Waals surface area (Å²) in [5.74, 6) is 2.12. The van der Waals surface area contributed by atoms with Crippen LogP contribution in [0, 0.1) is 5.41 Å². The minimum absolute atomic E-state index is 0.0773. The van der Waals surface area contributed by atoms with Gasteiger partial charge in [-0.3, -0.25) is 4.79 Å². The second kappa shape index (κ2) is 4.84. The minimum atomic E-state index is -0.0986. The molecule has 1 amide bonds. The van der Waals surface area contributed by atoms with Crippen LogP contribution < -0.4 is 5.32 Å². The Morgan fingerprint density at radius 2 is 2.15 bits per heavy atom. The van der Waals surface area contributed by atoms with Gasteiger partial charge in [0.25, 0.3) is 0 Å². The summed E-state index contributed by atoms with van der Waals surface area (Å²) >= 11 is 0. The van der Waals surface area contributed by atoms with Gasteiger partial charge in [0.2, 0.25) is 5.91 Å². The molecule has 0 aliphatic heterocycles. The highest BCUT2D eigenvalue weighted by Gasteiger charge is 2.46. The van der Waals surface area contributed by atoms with Crippen molar-refractivity contribution >= 4 is 5.91 Å². The molecule has 0 bridgehead atoms. The number of nitrogens with one attached hydrogen (secondary N) is 1. The van der Waals surface area contributed by atoms with Crippen LogP contribution in [0.2, 0.25) is 0 Å². The van der Waals surface area contributed by atoms with Crippen LogP contribution in [0.3, 0.4) is 0 Å². The van der Waals surface area contributed by atoms with Gasteiger partial charge >= 0.3 is 0 Å². The Morgan fingerprint density at radius 3 is 2.70 bits per heavy atom. The van der Waals surface area contributed by atoms with E-state index in [1.54, 1.807) is 0 Å². The Balaban J connectivity index is 1.57. The number of nitrogens with zero attached hydrogens (tertiary/aromatic N) is 3. The number of hydrogen-bond acceptors (Lipinski definition) is 4. The highest BCUT2D eigenvalue weighted by Crippen LogP contribution is 2.46. The first-order valence-corrected chi connectivity index (χ1v) is 7.41. The fourth-order valence-electron chi connectivity index (χ4n) is 2.83. The lowest BCUT2D eigenvalue weighted by molar-refractivity contribution is -0.127. The molecule has 20 heavy (non-hydrogen) atoms. The Labute approximate surface area is 118 Å². The third kappa shape index (κ3) is 2.22. The lowest BCUT2D eigenvalue weighted by atomic mass is 9.79. The number of aliphatic hydroxyl groups is 1. The summed E-state index contributed by atoms with van der Waals surface area (Å²) in [6, 6.07) is 0.268. The fourth-order valence-corrected chi connectivity index (χ4v) is 2.83. The average molecular weight is 278 g/mol. The van der Waals surface area contributed by atoms with Crippen molar-refractivity contribution in [3.8, 4) is 0 Å². The molecule has 0 aromatic carbocycles. The Bertz CT molecular complexity index is 515. The zero-order valence-electron chi connectivity index (χ0n) is 12.1. The van der Waals surface area contributed by atoms with Crippen LogP contribution in [0.5, 0.6) is 0 Å². The summed E-state index contributed by atoms with van der Waals surface area (Å²) in [5, 5.41) is 20.6. The smallest absolute Gasteiger partial charge is 0.226 e. The van der Waals surface area contributed by atoms with Crippen molar-refractivity contribution in [3.63, 3.8) is 0 Å². The maximum Gasteiger partial charge on any atom is 0.226 e. The van der Waals surface area contributed by atoms with Crippen molar-refractivity contribution in [2.24, 2.45) is 5.41 Å². The zero-order chi connectivity index (χ0) is 14.3. The lowest BCUT2D eigenvalue weighted by Gasteiger charge is -2.36. The van der Waals surface area contributed by atoms with Crippen LogP contribution in [-0.4, -0.2) is 31.8 Å². The van der Waals surface area contributed by atoms with Gasteiger partial charge in [-0.1, -0.05) is 6.92 Å². The SMILES string of the molecule is CCn1c(CO)nnc1C1CC(NC(=O)C2(C)CC2)C1. The molecule has 0 spiro atoms. The van der Waals surface area contributed by atoms with Crippen molar-refractivity contribution in [2.45, 2.75) is 64.6 Å². The van der Waals surface area contributed by atoms with E-state index >= 15 is 0 Å². The minimum Gasteiger partial charge on any atom is -0.388 e. The van der Waals surface area contributed by atoms with E-state index in [4.69, 9.17) is 0 Å². The molecule has 0 saturated heterocycles. The first-order valence-electron chi connectivity index (χ1n) is 7.41. The number of carbonyl (C=O) groups is 1. The number of hydrogen-bond donors (Lipinski definition) is 2. The van der Waals surface area contributed by atoms with Crippen molar-refractivity contribution in [1.82, 2.24) is 20.1 Å². The van der Waals surface area contributed by atoms with Gasteiger partial charge < -0.3 is 15.0 Å². The third-order valence-corrected chi connectivity index (χ3v) is 4.70. The molecule has 1 heterocycles. The summed E-state index contributed by atoms with van der Waals surface area (Å²) in [5.41, 5.74) is -0.0986. The summed E-state index contributed by atoms with van der Waals surface area (Å²) < 4.78 is 1.98. The molecule has 1 aromatic rings. The van der Waals surface area contributed by atoms with Crippen LogP contribution in [0.15, 0.2) is 0 Å². The van der Waals surface area contributed by atoms with Crippen LogP contribution >= 0.6 is 0 Å². The summed E-state index contributed by atoms with van der Waals surface area (Å²) in [6.45, 7) is 4.74. The standard InChI is InChI=1S/C14H22N4O2/c1-3-18-11(8-19)16-17-12(18)9-6-10(7-9)15-13(20)14(2)4-5-14/h9-10,19H,3-8H2,1-2H3,(H,15,20). The lowest BCUT2D eigenvalue weighted by Crippen LogP contribution is -2.46. The summed E-state index contributed by atoms with van der Waals surface area (Å²) in [6.07, 6.45) is 3.87. The predicted molar refractivity (Wildman–Crippen MR) is 72.9 cm³/mol. The maximum atomic E-state index is 12.0. The molecule has 2 aliphatic rings. The third-order valence-electron chi connectivity index (χ3n) is 4.70. The highest BCUT2D eigenvalue weighted by molar-refractivity contribution is 5.85. The zero-order valence-corrected chi connectivity index (χ0v) is 12.1. The molecule has 6 heteroatoms. The van der Waals surface area contributed by atoms with E-state index < -0.39 is 0 Å². The van der Waals surface area contributed by atoms with Gasteiger partial charge in [-0.15, -0.1) is 10.2 Å². The van der Waals surface area contributed by atoms with Gasteiger partial charge in [0, 0.05) is 23.9 Å². The first-order chi connectivity index (χ1) is 9.57. The molecule has 0 radical (unpaired) electrons. The first kappa shape index (κ1) is 13.5. The second-order valence-corrected chi connectivity index (χ2v) is 6.28. The maximum absolute atomic E-state index is 12.0. The Morgan fingerprint density at radius 1 is 1.45 bits per heavy atom. The highest BCUT2D eigenvalue weighted by atomic mass is 16.3. The molecule has 0 unspecified atom stereocenters. The van der Waals surface area contributed by atoms with E-state index in [0.717, 1.165) is 38.1 Å². The van der Waals surface area contributed by atoms with Gasteiger partial charge in [0.05, 0.1) is 0 Å². The quantitative estimate of drug-likeness (QED) is 0.840. The molecule has 6 nitrogen and oxygen atoms in total. The monoisotopic (exact) mass is 278 g/mol. The average Bonchev–Trinajstić information content (AvgIpc) is 3.02. The molecule has 2 aliphatic carbocycles. The van der Waals surface area contributed by atoms with Gasteiger partial charge in [-0.05, 0) is 32.6 Å².